The lowest BCUT2D eigenvalue weighted by Crippen LogP contribution is -2.26. The Bertz CT molecular complexity index is 673. The zero-order valence-electron chi connectivity index (χ0n) is 13.7. The number of amides is 1. The minimum Gasteiger partial charge on any atom is -0.385 e. The first-order chi connectivity index (χ1) is 11.1. The van der Waals surface area contributed by atoms with Crippen molar-refractivity contribution in [3.05, 3.63) is 47.3 Å². The SMILES string of the molecule is COCCCNC(=O)c1ccnc(Nc2ccc(C)cc2C)n1. The standard InChI is InChI=1S/C17H22N4O2/c1-12-5-6-14(13(2)11-12)20-17-19-9-7-15(21-17)16(22)18-8-4-10-23-3/h5-7,9,11H,4,8,10H2,1-3H3,(H,18,22)(H,19,20,21). The van der Waals surface area contributed by atoms with Gasteiger partial charge in [-0.3, -0.25) is 4.79 Å². The van der Waals surface area contributed by atoms with E-state index in [9.17, 15) is 4.79 Å². The summed E-state index contributed by atoms with van der Waals surface area (Å²) in [5.41, 5.74) is 3.55. The van der Waals surface area contributed by atoms with Crippen molar-refractivity contribution in [2.45, 2.75) is 20.3 Å². The topological polar surface area (TPSA) is 76.1 Å². The Balaban J connectivity index is 2.03. The first-order valence-corrected chi connectivity index (χ1v) is 7.54. The molecular weight excluding hydrogens is 292 g/mol. The van der Waals surface area contributed by atoms with E-state index in [1.165, 1.54) is 5.56 Å². The molecule has 6 heteroatoms. The van der Waals surface area contributed by atoms with Crippen LogP contribution in [0.2, 0.25) is 0 Å². The van der Waals surface area contributed by atoms with Gasteiger partial charge in [0.2, 0.25) is 5.95 Å². The van der Waals surface area contributed by atoms with Crippen LogP contribution >= 0.6 is 0 Å². The summed E-state index contributed by atoms with van der Waals surface area (Å²) in [7, 11) is 1.64. The van der Waals surface area contributed by atoms with Gasteiger partial charge in [-0.25, -0.2) is 9.97 Å². The van der Waals surface area contributed by atoms with E-state index < -0.39 is 0 Å². The number of carbonyl (C=O) groups excluding carboxylic acids is 1. The van der Waals surface area contributed by atoms with Gasteiger partial charge >= 0.3 is 0 Å². The maximum Gasteiger partial charge on any atom is 0.270 e. The van der Waals surface area contributed by atoms with E-state index in [0.717, 1.165) is 17.7 Å². The van der Waals surface area contributed by atoms with Crippen molar-refractivity contribution in [2.24, 2.45) is 0 Å². The molecule has 122 valence electrons. The largest absolute Gasteiger partial charge is 0.385 e. The molecule has 0 aliphatic heterocycles. The quantitative estimate of drug-likeness (QED) is 0.768. The van der Waals surface area contributed by atoms with Crippen LogP contribution in [-0.2, 0) is 4.74 Å². The molecule has 0 radical (unpaired) electrons. The number of carbonyl (C=O) groups is 1. The Kier molecular flexibility index (Phi) is 6.05. The molecule has 0 spiro atoms. The summed E-state index contributed by atoms with van der Waals surface area (Å²) in [5, 5.41) is 5.96. The van der Waals surface area contributed by atoms with Crippen LogP contribution in [0.25, 0.3) is 0 Å². The molecule has 2 aromatic rings. The predicted octanol–water partition coefficient (Wildman–Crippen LogP) is 2.60. The van der Waals surface area contributed by atoms with Gasteiger partial charge in [-0.15, -0.1) is 0 Å². The molecule has 1 amide bonds. The van der Waals surface area contributed by atoms with E-state index in [2.05, 4.69) is 26.7 Å². The highest BCUT2D eigenvalue weighted by molar-refractivity contribution is 5.92. The molecule has 0 aliphatic rings. The average molecular weight is 314 g/mol. The Morgan fingerprint density at radius 3 is 2.83 bits per heavy atom. The molecule has 1 aromatic carbocycles. The lowest BCUT2D eigenvalue weighted by Gasteiger charge is -2.10. The molecular formula is C17H22N4O2. The zero-order chi connectivity index (χ0) is 16.7. The summed E-state index contributed by atoms with van der Waals surface area (Å²) < 4.78 is 4.95. The number of aryl methyl sites for hydroxylation is 2. The first kappa shape index (κ1) is 16.9. The highest BCUT2D eigenvalue weighted by Crippen LogP contribution is 2.19. The average Bonchev–Trinajstić information content (AvgIpc) is 2.54. The van der Waals surface area contributed by atoms with Gasteiger partial charge in [0, 0.05) is 32.1 Å². The molecule has 1 aromatic heterocycles. The summed E-state index contributed by atoms with van der Waals surface area (Å²) in [6.07, 6.45) is 2.34. The predicted molar refractivity (Wildman–Crippen MR) is 90.1 cm³/mol. The number of methoxy groups -OCH3 is 1. The summed E-state index contributed by atoms with van der Waals surface area (Å²) in [4.78, 5) is 20.5. The third kappa shape index (κ3) is 5.03. The van der Waals surface area contributed by atoms with E-state index in [-0.39, 0.29) is 5.91 Å². The van der Waals surface area contributed by atoms with Crippen LogP contribution in [0.1, 0.15) is 28.0 Å². The van der Waals surface area contributed by atoms with E-state index in [4.69, 9.17) is 4.74 Å². The molecule has 6 nitrogen and oxygen atoms in total. The maximum absolute atomic E-state index is 12.1. The van der Waals surface area contributed by atoms with E-state index in [1.807, 2.05) is 26.0 Å². The number of nitrogens with one attached hydrogen (secondary N) is 2. The van der Waals surface area contributed by atoms with Crippen molar-refractivity contribution in [1.82, 2.24) is 15.3 Å². The molecule has 0 atom stereocenters. The lowest BCUT2D eigenvalue weighted by atomic mass is 10.1. The summed E-state index contributed by atoms with van der Waals surface area (Å²) in [6, 6.07) is 7.67. The maximum atomic E-state index is 12.1. The summed E-state index contributed by atoms with van der Waals surface area (Å²) in [6.45, 7) is 5.23. The lowest BCUT2D eigenvalue weighted by molar-refractivity contribution is 0.0943. The van der Waals surface area contributed by atoms with Gasteiger partial charge in [0.25, 0.3) is 5.91 Å². The molecule has 23 heavy (non-hydrogen) atoms. The van der Waals surface area contributed by atoms with E-state index in [0.29, 0.717) is 24.8 Å². The fourth-order valence-corrected chi connectivity index (χ4v) is 2.13. The fourth-order valence-electron chi connectivity index (χ4n) is 2.13. The molecule has 0 fully saturated rings. The van der Waals surface area contributed by atoms with Crippen molar-refractivity contribution in [1.29, 1.82) is 0 Å². The van der Waals surface area contributed by atoms with Crippen molar-refractivity contribution in [3.63, 3.8) is 0 Å². The number of hydrogen-bond donors (Lipinski definition) is 2. The van der Waals surface area contributed by atoms with Gasteiger partial charge in [-0.2, -0.15) is 0 Å². The zero-order valence-corrected chi connectivity index (χ0v) is 13.7. The van der Waals surface area contributed by atoms with Gasteiger partial charge in [0.05, 0.1) is 0 Å². The van der Waals surface area contributed by atoms with Crippen LogP contribution < -0.4 is 10.6 Å². The number of nitrogens with zero attached hydrogens (tertiary/aromatic N) is 2. The van der Waals surface area contributed by atoms with Crippen LogP contribution in [0.4, 0.5) is 11.6 Å². The van der Waals surface area contributed by atoms with Crippen molar-refractivity contribution in [3.8, 4) is 0 Å². The smallest absolute Gasteiger partial charge is 0.270 e. The molecule has 1 heterocycles. The highest BCUT2D eigenvalue weighted by Gasteiger charge is 2.09. The number of anilines is 2. The molecule has 0 saturated heterocycles. The third-order valence-corrected chi connectivity index (χ3v) is 3.33. The summed E-state index contributed by atoms with van der Waals surface area (Å²) in [5.74, 6) is 0.189. The second-order valence-electron chi connectivity index (χ2n) is 5.31. The monoisotopic (exact) mass is 314 g/mol. The molecule has 0 unspecified atom stereocenters. The van der Waals surface area contributed by atoms with Crippen molar-refractivity contribution in [2.75, 3.05) is 25.6 Å². The highest BCUT2D eigenvalue weighted by atomic mass is 16.5. The number of ether oxygens (including phenoxy) is 1. The van der Waals surface area contributed by atoms with Crippen LogP contribution in [0, 0.1) is 13.8 Å². The minimum absolute atomic E-state index is 0.216. The molecule has 0 bridgehead atoms. The number of aromatic nitrogens is 2. The summed E-state index contributed by atoms with van der Waals surface area (Å²) >= 11 is 0. The Morgan fingerprint density at radius 1 is 1.26 bits per heavy atom. The van der Waals surface area contributed by atoms with Crippen LogP contribution in [0.15, 0.2) is 30.5 Å². The first-order valence-electron chi connectivity index (χ1n) is 7.54. The second-order valence-corrected chi connectivity index (χ2v) is 5.31. The van der Waals surface area contributed by atoms with Gasteiger partial charge in [0.1, 0.15) is 5.69 Å². The van der Waals surface area contributed by atoms with Crippen LogP contribution in [-0.4, -0.2) is 36.1 Å². The van der Waals surface area contributed by atoms with Crippen molar-refractivity contribution < 1.29 is 9.53 Å². The molecule has 2 N–H and O–H groups in total. The number of hydrogen-bond acceptors (Lipinski definition) is 5. The Labute approximate surface area is 136 Å². The van der Waals surface area contributed by atoms with Gasteiger partial charge in [-0.05, 0) is 38.0 Å². The van der Waals surface area contributed by atoms with Crippen molar-refractivity contribution >= 4 is 17.5 Å². The van der Waals surface area contributed by atoms with Crippen LogP contribution in [0.5, 0.6) is 0 Å². The molecule has 2 rings (SSSR count). The normalized spacial score (nSPS) is 10.4. The number of rotatable bonds is 7. The second kappa shape index (κ2) is 8.24. The Morgan fingerprint density at radius 2 is 2.09 bits per heavy atom. The van der Waals surface area contributed by atoms with Gasteiger partial charge in [-0.1, -0.05) is 17.7 Å². The van der Waals surface area contributed by atoms with E-state index in [1.54, 1.807) is 19.4 Å². The van der Waals surface area contributed by atoms with Gasteiger partial charge in [0.15, 0.2) is 0 Å². The van der Waals surface area contributed by atoms with E-state index >= 15 is 0 Å². The van der Waals surface area contributed by atoms with Gasteiger partial charge < -0.3 is 15.4 Å². The fraction of sp³-hybridized carbons (Fsp3) is 0.353. The number of benzene rings is 1. The third-order valence-electron chi connectivity index (χ3n) is 3.33. The van der Waals surface area contributed by atoms with Crippen LogP contribution in [0.3, 0.4) is 0 Å². The minimum atomic E-state index is -0.216. The molecule has 0 saturated carbocycles. The Hall–Kier alpha value is -2.47. The molecule has 0 aliphatic carbocycles.